The maximum Gasteiger partial charge on any atom is 0.404 e. The van der Waals surface area contributed by atoms with Crippen LogP contribution in [0.2, 0.25) is 5.15 Å². The number of hydrogen-bond acceptors (Lipinski definition) is 3. The Morgan fingerprint density at radius 2 is 2.38 bits per heavy atom. The molecule has 6 heteroatoms. The highest BCUT2D eigenvalue weighted by molar-refractivity contribution is 9.10. The van der Waals surface area contributed by atoms with E-state index in [1.54, 1.807) is 12.3 Å². The van der Waals surface area contributed by atoms with E-state index in [9.17, 15) is 4.79 Å². The Balaban J connectivity index is 2.75. The molecule has 3 nitrogen and oxygen atoms in total. The van der Waals surface area contributed by atoms with Gasteiger partial charge in [0, 0.05) is 27.8 Å². The fourth-order valence-electron chi connectivity index (χ4n) is 0.700. The van der Waals surface area contributed by atoms with Gasteiger partial charge in [-0.15, -0.1) is 0 Å². The zero-order valence-electron chi connectivity index (χ0n) is 6.26. The molecule has 13 heavy (non-hydrogen) atoms. The summed E-state index contributed by atoms with van der Waals surface area (Å²) in [6, 6.07) is 1.70. The van der Waals surface area contributed by atoms with Crippen LogP contribution < -0.4 is 0 Å². The second-order valence-corrected chi connectivity index (χ2v) is 3.71. The molecule has 0 atom stereocenters. The monoisotopic (exact) mass is 283 g/mol. The van der Waals surface area contributed by atoms with Crippen LogP contribution in [0.1, 0.15) is 5.56 Å². The minimum atomic E-state index is -0.865. The molecule has 0 radical (unpaired) electrons. The quantitative estimate of drug-likeness (QED) is 0.617. The van der Waals surface area contributed by atoms with E-state index in [1.807, 2.05) is 0 Å². The van der Waals surface area contributed by atoms with Crippen molar-refractivity contribution >= 4 is 44.6 Å². The van der Waals surface area contributed by atoms with Crippen LogP contribution in [-0.4, -0.2) is 10.4 Å². The third-order valence-corrected chi connectivity index (χ3v) is 2.10. The molecule has 1 aromatic heterocycles. The number of aromatic nitrogens is 1. The van der Waals surface area contributed by atoms with Crippen molar-refractivity contribution in [2.75, 3.05) is 0 Å². The normalized spacial score (nSPS) is 9.77. The van der Waals surface area contributed by atoms with Gasteiger partial charge in [0.2, 0.25) is 0 Å². The van der Waals surface area contributed by atoms with Crippen molar-refractivity contribution in [1.29, 1.82) is 0 Å². The molecule has 0 saturated heterocycles. The Labute approximate surface area is 93.1 Å². The van der Waals surface area contributed by atoms with E-state index < -0.39 is 5.43 Å². The average Bonchev–Trinajstić information content (AvgIpc) is 2.06. The minimum absolute atomic E-state index is 0.0214. The maximum atomic E-state index is 10.3. The summed E-state index contributed by atoms with van der Waals surface area (Å²) in [5.74, 6) is 0. The zero-order chi connectivity index (χ0) is 9.84. The van der Waals surface area contributed by atoms with Gasteiger partial charge in [-0.2, -0.15) is 0 Å². The maximum absolute atomic E-state index is 10.3. The van der Waals surface area contributed by atoms with Crippen LogP contribution >= 0.6 is 39.1 Å². The second kappa shape index (κ2) is 4.79. The fraction of sp³-hybridized carbons (Fsp3) is 0.143. The number of halogens is 3. The summed E-state index contributed by atoms with van der Waals surface area (Å²) < 4.78 is 5.31. The molecule has 0 aliphatic heterocycles. The van der Waals surface area contributed by atoms with Crippen molar-refractivity contribution in [3.63, 3.8) is 0 Å². The molecule has 0 fully saturated rings. The van der Waals surface area contributed by atoms with Gasteiger partial charge in [-0.3, -0.25) is 0 Å². The number of rotatable bonds is 2. The van der Waals surface area contributed by atoms with E-state index in [-0.39, 0.29) is 6.61 Å². The molecular formula is C7H4BrCl2NO2. The third-order valence-electron chi connectivity index (χ3n) is 1.22. The molecule has 0 aromatic carbocycles. The first-order valence-electron chi connectivity index (χ1n) is 3.22. The fourth-order valence-corrected chi connectivity index (χ4v) is 1.29. The lowest BCUT2D eigenvalue weighted by atomic mass is 10.3. The zero-order valence-corrected chi connectivity index (χ0v) is 9.36. The van der Waals surface area contributed by atoms with Gasteiger partial charge in [0.1, 0.15) is 11.8 Å². The SMILES string of the molecule is O=C(Cl)OCc1cc(Br)cnc1Cl. The Morgan fingerprint density at radius 3 is 3.00 bits per heavy atom. The molecule has 1 rings (SSSR count). The summed E-state index contributed by atoms with van der Waals surface area (Å²) in [5.41, 5.74) is -0.263. The highest BCUT2D eigenvalue weighted by atomic mass is 79.9. The summed E-state index contributed by atoms with van der Waals surface area (Å²) in [6.07, 6.45) is 1.55. The average molecular weight is 285 g/mol. The smallest absolute Gasteiger partial charge is 0.404 e. The van der Waals surface area contributed by atoms with Gasteiger partial charge in [-0.05, 0) is 22.0 Å². The van der Waals surface area contributed by atoms with Crippen molar-refractivity contribution < 1.29 is 9.53 Å². The first kappa shape index (κ1) is 10.8. The lowest BCUT2D eigenvalue weighted by molar-refractivity contribution is 0.167. The Hall–Kier alpha value is -0.320. The molecule has 0 saturated carbocycles. The number of nitrogens with zero attached hydrogens (tertiary/aromatic N) is 1. The van der Waals surface area contributed by atoms with Gasteiger partial charge in [-0.1, -0.05) is 11.6 Å². The minimum Gasteiger partial charge on any atom is -0.449 e. The van der Waals surface area contributed by atoms with E-state index in [4.69, 9.17) is 23.2 Å². The largest absolute Gasteiger partial charge is 0.449 e. The van der Waals surface area contributed by atoms with Crippen molar-refractivity contribution in [2.45, 2.75) is 6.61 Å². The van der Waals surface area contributed by atoms with Crippen LogP contribution in [0.5, 0.6) is 0 Å². The number of hydrogen-bond donors (Lipinski definition) is 0. The molecule has 0 N–H and O–H groups in total. The molecule has 0 unspecified atom stereocenters. The van der Waals surface area contributed by atoms with Crippen molar-refractivity contribution in [2.24, 2.45) is 0 Å². The van der Waals surface area contributed by atoms with Crippen molar-refractivity contribution in [3.05, 3.63) is 27.5 Å². The molecule has 0 aliphatic carbocycles. The summed E-state index contributed by atoms with van der Waals surface area (Å²) in [5, 5.41) is 0.293. The topological polar surface area (TPSA) is 39.2 Å². The van der Waals surface area contributed by atoms with E-state index in [0.717, 1.165) is 4.47 Å². The molecule has 70 valence electrons. The van der Waals surface area contributed by atoms with Crippen LogP contribution in [0.25, 0.3) is 0 Å². The van der Waals surface area contributed by atoms with Crippen LogP contribution in [0.3, 0.4) is 0 Å². The first-order chi connectivity index (χ1) is 6.09. The molecule has 0 spiro atoms. The lowest BCUT2D eigenvalue weighted by Gasteiger charge is -2.02. The third kappa shape index (κ3) is 3.50. The predicted molar refractivity (Wildman–Crippen MR) is 53.0 cm³/mol. The van der Waals surface area contributed by atoms with Gasteiger partial charge < -0.3 is 4.74 Å². The van der Waals surface area contributed by atoms with Crippen LogP contribution in [0.4, 0.5) is 4.79 Å². The van der Waals surface area contributed by atoms with Gasteiger partial charge in [0.25, 0.3) is 0 Å². The second-order valence-electron chi connectivity index (χ2n) is 2.13. The molecule has 0 amide bonds. The number of pyridine rings is 1. The van der Waals surface area contributed by atoms with Gasteiger partial charge in [-0.25, -0.2) is 9.78 Å². The summed E-state index contributed by atoms with van der Waals surface area (Å²) in [4.78, 5) is 14.1. The molecule has 1 aromatic rings. The highest BCUT2D eigenvalue weighted by Gasteiger charge is 2.04. The van der Waals surface area contributed by atoms with Crippen LogP contribution in [-0.2, 0) is 11.3 Å². The summed E-state index contributed by atoms with van der Waals surface area (Å²) in [7, 11) is 0. The van der Waals surface area contributed by atoms with E-state index in [0.29, 0.717) is 10.7 Å². The standard InChI is InChI=1S/C7H4BrCl2NO2/c8-5-1-4(3-13-7(10)12)6(9)11-2-5/h1-2H,3H2. The van der Waals surface area contributed by atoms with Gasteiger partial charge in [0.05, 0.1) is 0 Å². The van der Waals surface area contributed by atoms with Gasteiger partial charge in [0.15, 0.2) is 0 Å². The van der Waals surface area contributed by atoms with Crippen LogP contribution in [0.15, 0.2) is 16.7 Å². The lowest BCUT2D eigenvalue weighted by Crippen LogP contribution is -1.96. The van der Waals surface area contributed by atoms with E-state index in [1.165, 1.54) is 0 Å². The first-order valence-corrected chi connectivity index (χ1v) is 4.76. The number of carbonyl (C=O) groups is 1. The molecule has 0 aliphatic rings. The van der Waals surface area contributed by atoms with E-state index in [2.05, 4.69) is 25.7 Å². The highest BCUT2D eigenvalue weighted by Crippen LogP contribution is 2.18. The summed E-state index contributed by atoms with van der Waals surface area (Å²) >= 11 is 13.9. The molecule has 1 heterocycles. The van der Waals surface area contributed by atoms with Crippen molar-refractivity contribution in [1.82, 2.24) is 4.98 Å². The number of ether oxygens (including phenoxy) is 1. The predicted octanol–water partition coefficient (Wildman–Crippen LogP) is 3.37. The summed E-state index contributed by atoms with van der Waals surface area (Å²) in [6.45, 7) is 0.0214. The number of carbonyl (C=O) groups excluding carboxylic acids is 1. The van der Waals surface area contributed by atoms with E-state index >= 15 is 0 Å². The Kier molecular flexibility index (Phi) is 3.96. The van der Waals surface area contributed by atoms with Gasteiger partial charge >= 0.3 is 5.43 Å². The molecular weight excluding hydrogens is 281 g/mol. The van der Waals surface area contributed by atoms with Crippen molar-refractivity contribution in [3.8, 4) is 0 Å². The van der Waals surface area contributed by atoms with Crippen LogP contribution in [0, 0.1) is 0 Å². The molecule has 0 bridgehead atoms. The Morgan fingerprint density at radius 1 is 1.69 bits per heavy atom. The Bertz CT molecular complexity index is 332.